The molecule has 26 heavy (non-hydrogen) atoms. The quantitative estimate of drug-likeness (QED) is 0.593. The van der Waals surface area contributed by atoms with Crippen molar-refractivity contribution in [1.29, 1.82) is 0 Å². The molecule has 4 heterocycles. The van der Waals surface area contributed by atoms with Crippen LogP contribution in [0.15, 0.2) is 35.0 Å². The van der Waals surface area contributed by atoms with Crippen molar-refractivity contribution in [3.05, 3.63) is 36.4 Å². The summed E-state index contributed by atoms with van der Waals surface area (Å²) in [6.45, 7) is 1.73. The fourth-order valence-corrected chi connectivity index (χ4v) is 3.68. The first-order chi connectivity index (χ1) is 12.7. The second kappa shape index (κ2) is 5.69. The van der Waals surface area contributed by atoms with E-state index in [1.807, 2.05) is 31.3 Å². The lowest BCUT2D eigenvalue weighted by atomic mass is 9.96. The highest BCUT2D eigenvalue weighted by Gasteiger charge is 2.27. The van der Waals surface area contributed by atoms with Crippen LogP contribution in [0.4, 0.5) is 11.8 Å². The Bertz CT molecular complexity index is 1070. The van der Waals surface area contributed by atoms with Gasteiger partial charge in [-0.25, -0.2) is 14.6 Å². The van der Waals surface area contributed by atoms with Crippen LogP contribution in [0.5, 0.6) is 0 Å². The van der Waals surface area contributed by atoms with Crippen LogP contribution >= 0.6 is 0 Å². The van der Waals surface area contributed by atoms with Gasteiger partial charge in [-0.1, -0.05) is 12.1 Å². The van der Waals surface area contributed by atoms with Gasteiger partial charge >= 0.3 is 0 Å². The molecule has 2 N–H and O–H groups in total. The number of piperidine rings is 1. The van der Waals surface area contributed by atoms with Crippen molar-refractivity contribution in [2.45, 2.75) is 18.8 Å². The normalized spacial score (nSPS) is 16.0. The van der Waals surface area contributed by atoms with Crippen LogP contribution in [-0.4, -0.2) is 37.8 Å². The minimum atomic E-state index is 0.322. The van der Waals surface area contributed by atoms with Crippen molar-refractivity contribution in [2.24, 2.45) is 7.05 Å². The molecule has 1 aromatic carbocycles. The summed E-state index contributed by atoms with van der Waals surface area (Å²) in [5.74, 6) is 2.48. The number of nitrogen functional groups attached to an aromatic ring is 1. The lowest BCUT2D eigenvalue weighted by Gasteiger charge is -2.31. The Hall–Kier alpha value is -3.16. The highest BCUT2D eigenvalue weighted by molar-refractivity contribution is 6.05. The first-order valence-corrected chi connectivity index (χ1v) is 8.74. The second-order valence-electron chi connectivity index (χ2n) is 6.69. The van der Waals surface area contributed by atoms with E-state index in [2.05, 4.69) is 25.0 Å². The third-order valence-electron chi connectivity index (χ3n) is 5.11. The molecule has 0 aliphatic carbocycles. The van der Waals surface area contributed by atoms with Gasteiger partial charge in [-0.3, -0.25) is 0 Å². The third-order valence-corrected chi connectivity index (χ3v) is 5.11. The molecule has 0 amide bonds. The van der Waals surface area contributed by atoms with E-state index in [4.69, 9.17) is 10.2 Å². The molecule has 4 aromatic rings. The van der Waals surface area contributed by atoms with Gasteiger partial charge in [0.15, 0.2) is 17.2 Å². The summed E-state index contributed by atoms with van der Waals surface area (Å²) in [5, 5.41) is 5.45. The Morgan fingerprint density at radius 1 is 1.15 bits per heavy atom. The molecule has 0 spiro atoms. The van der Waals surface area contributed by atoms with E-state index in [1.165, 1.54) is 0 Å². The minimum Gasteiger partial charge on any atom is -0.450 e. The number of hydrogen-bond acceptors (Lipinski definition) is 7. The molecule has 1 aliphatic heterocycles. The van der Waals surface area contributed by atoms with Crippen LogP contribution in [0.2, 0.25) is 0 Å². The van der Waals surface area contributed by atoms with Crippen LogP contribution in [0, 0.1) is 0 Å². The number of para-hydroxylation sites is 1. The summed E-state index contributed by atoms with van der Waals surface area (Å²) in [5.41, 5.74) is 8.28. The second-order valence-corrected chi connectivity index (χ2v) is 6.69. The van der Waals surface area contributed by atoms with Crippen LogP contribution in [-0.2, 0) is 7.05 Å². The number of hydrogen-bond donors (Lipinski definition) is 1. The molecule has 0 bridgehead atoms. The van der Waals surface area contributed by atoms with Gasteiger partial charge in [-0.05, 0) is 25.0 Å². The monoisotopic (exact) mass is 349 g/mol. The molecular formula is C18H19N7O. The first-order valence-electron chi connectivity index (χ1n) is 8.74. The summed E-state index contributed by atoms with van der Waals surface area (Å²) < 4.78 is 7.69. The number of furan rings is 1. The summed E-state index contributed by atoms with van der Waals surface area (Å²) in [7, 11) is 1.82. The molecule has 3 aromatic heterocycles. The van der Waals surface area contributed by atoms with Gasteiger partial charge in [0.1, 0.15) is 17.4 Å². The van der Waals surface area contributed by atoms with Crippen LogP contribution in [0.25, 0.3) is 22.1 Å². The SMILES string of the molecule is Cn1nc(C2CCN(c3ncnc4c3oc3ccccc34)CC2)nc1N. The molecule has 0 unspecified atom stereocenters. The van der Waals surface area contributed by atoms with E-state index < -0.39 is 0 Å². The van der Waals surface area contributed by atoms with E-state index in [9.17, 15) is 0 Å². The Morgan fingerprint density at radius 2 is 1.96 bits per heavy atom. The van der Waals surface area contributed by atoms with Gasteiger partial charge in [0.25, 0.3) is 0 Å². The van der Waals surface area contributed by atoms with Gasteiger partial charge in [0.05, 0.1) is 0 Å². The van der Waals surface area contributed by atoms with Gasteiger partial charge in [-0.2, -0.15) is 10.1 Å². The summed E-state index contributed by atoms with van der Waals surface area (Å²) in [6.07, 6.45) is 3.52. The number of aryl methyl sites for hydroxylation is 1. The predicted octanol–water partition coefficient (Wildman–Crippen LogP) is 2.47. The Balaban J connectivity index is 1.44. The third kappa shape index (κ3) is 2.29. The molecule has 0 saturated carbocycles. The minimum absolute atomic E-state index is 0.322. The summed E-state index contributed by atoms with van der Waals surface area (Å²) in [6, 6.07) is 7.95. The van der Waals surface area contributed by atoms with Crippen molar-refractivity contribution in [1.82, 2.24) is 24.7 Å². The van der Waals surface area contributed by atoms with Gasteiger partial charge in [0, 0.05) is 31.4 Å². The fraction of sp³-hybridized carbons (Fsp3) is 0.333. The molecular weight excluding hydrogens is 330 g/mol. The first kappa shape index (κ1) is 15.1. The topological polar surface area (TPSA) is 98.9 Å². The van der Waals surface area contributed by atoms with Gasteiger partial charge in [-0.15, -0.1) is 0 Å². The fourth-order valence-electron chi connectivity index (χ4n) is 3.68. The predicted molar refractivity (Wildman–Crippen MR) is 98.9 cm³/mol. The summed E-state index contributed by atoms with van der Waals surface area (Å²) >= 11 is 0. The average Bonchev–Trinajstić information content (AvgIpc) is 3.22. The van der Waals surface area contributed by atoms with E-state index >= 15 is 0 Å². The zero-order chi connectivity index (χ0) is 17.7. The maximum Gasteiger partial charge on any atom is 0.218 e. The number of rotatable bonds is 2. The molecule has 1 aliphatic rings. The lowest BCUT2D eigenvalue weighted by molar-refractivity contribution is 0.480. The number of aromatic nitrogens is 5. The van der Waals surface area contributed by atoms with Crippen molar-refractivity contribution in [3.63, 3.8) is 0 Å². The average molecular weight is 349 g/mol. The number of benzene rings is 1. The van der Waals surface area contributed by atoms with E-state index in [0.717, 1.165) is 59.6 Å². The molecule has 1 fully saturated rings. The lowest BCUT2D eigenvalue weighted by Crippen LogP contribution is -2.34. The number of fused-ring (bicyclic) bond motifs is 3. The maximum atomic E-state index is 6.06. The molecule has 1 saturated heterocycles. The highest BCUT2D eigenvalue weighted by Crippen LogP contribution is 2.35. The molecule has 8 nitrogen and oxygen atoms in total. The molecule has 132 valence electrons. The molecule has 8 heteroatoms. The van der Waals surface area contributed by atoms with E-state index in [-0.39, 0.29) is 0 Å². The molecule has 0 atom stereocenters. The van der Waals surface area contributed by atoms with E-state index in [0.29, 0.717) is 11.9 Å². The molecule has 5 rings (SSSR count). The Kier molecular flexibility index (Phi) is 3.31. The Labute approximate surface area is 149 Å². The maximum absolute atomic E-state index is 6.06. The van der Waals surface area contributed by atoms with Crippen LogP contribution < -0.4 is 10.6 Å². The largest absolute Gasteiger partial charge is 0.450 e. The Morgan fingerprint density at radius 3 is 2.73 bits per heavy atom. The van der Waals surface area contributed by atoms with Crippen molar-refractivity contribution >= 4 is 33.8 Å². The van der Waals surface area contributed by atoms with Crippen LogP contribution in [0.1, 0.15) is 24.6 Å². The van der Waals surface area contributed by atoms with Gasteiger partial charge < -0.3 is 15.1 Å². The molecule has 0 radical (unpaired) electrons. The zero-order valence-corrected chi connectivity index (χ0v) is 14.5. The summed E-state index contributed by atoms with van der Waals surface area (Å²) in [4.78, 5) is 15.6. The van der Waals surface area contributed by atoms with E-state index in [1.54, 1.807) is 11.0 Å². The van der Waals surface area contributed by atoms with Crippen molar-refractivity contribution in [2.75, 3.05) is 23.7 Å². The number of nitrogens with two attached hydrogens (primary N) is 1. The van der Waals surface area contributed by atoms with Crippen molar-refractivity contribution in [3.8, 4) is 0 Å². The number of nitrogens with zero attached hydrogens (tertiary/aromatic N) is 6. The van der Waals surface area contributed by atoms with Crippen molar-refractivity contribution < 1.29 is 4.42 Å². The zero-order valence-electron chi connectivity index (χ0n) is 14.5. The van der Waals surface area contributed by atoms with Gasteiger partial charge in [0.2, 0.25) is 5.95 Å². The number of anilines is 2. The highest BCUT2D eigenvalue weighted by atomic mass is 16.3. The smallest absolute Gasteiger partial charge is 0.218 e. The standard InChI is InChI=1S/C18H19N7O/c1-24-18(19)22-16(23-24)11-6-8-25(9-7-11)17-15-14(20-10-21-17)12-4-2-3-5-13(12)26-15/h2-5,10-11H,6-9H2,1H3,(H2,19,22,23). The van der Waals surface area contributed by atoms with Crippen LogP contribution in [0.3, 0.4) is 0 Å².